The molecule has 0 aliphatic carbocycles. The molecule has 0 spiro atoms. The molecule has 1 aromatic carbocycles. The van der Waals surface area contributed by atoms with E-state index in [4.69, 9.17) is 0 Å². The molecular formula is C16H16FN3O. The second-order valence-corrected chi connectivity index (χ2v) is 5.06. The molecule has 0 radical (unpaired) electrons. The van der Waals surface area contributed by atoms with Gasteiger partial charge in [0, 0.05) is 18.7 Å². The second-order valence-electron chi connectivity index (χ2n) is 5.06. The summed E-state index contributed by atoms with van der Waals surface area (Å²) in [6, 6.07) is 9.29. The van der Waals surface area contributed by atoms with E-state index < -0.39 is 5.82 Å². The quantitative estimate of drug-likeness (QED) is 0.942. The maximum Gasteiger partial charge on any atom is 0.256 e. The van der Waals surface area contributed by atoms with Gasteiger partial charge in [-0.3, -0.25) is 4.79 Å². The Hall–Kier alpha value is -2.43. The fourth-order valence-electron chi connectivity index (χ4n) is 2.44. The summed E-state index contributed by atoms with van der Waals surface area (Å²) in [5.41, 5.74) is 1.34. The van der Waals surface area contributed by atoms with Crippen molar-refractivity contribution >= 4 is 17.4 Å². The first-order valence-corrected chi connectivity index (χ1v) is 7.00. The third-order valence-electron chi connectivity index (χ3n) is 3.55. The number of hydrogen-bond acceptors (Lipinski definition) is 3. The number of anilines is 2. The number of pyridine rings is 1. The van der Waals surface area contributed by atoms with Gasteiger partial charge < -0.3 is 10.2 Å². The van der Waals surface area contributed by atoms with E-state index in [0.29, 0.717) is 5.82 Å². The zero-order chi connectivity index (χ0) is 14.7. The highest BCUT2D eigenvalue weighted by Gasteiger charge is 2.13. The van der Waals surface area contributed by atoms with Crippen molar-refractivity contribution in [2.24, 2.45) is 0 Å². The molecule has 1 aromatic heterocycles. The Morgan fingerprint density at radius 1 is 1.19 bits per heavy atom. The van der Waals surface area contributed by atoms with E-state index in [1.807, 2.05) is 6.07 Å². The number of aromatic nitrogens is 1. The maximum absolute atomic E-state index is 13.1. The first-order chi connectivity index (χ1) is 10.2. The third kappa shape index (κ3) is 3.18. The molecule has 3 rings (SSSR count). The van der Waals surface area contributed by atoms with E-state index in [9.17, 15) is 9.18 Å². The molecule has 2 aromatic rings. The summed E-state index contributed by atoms with van der Waals surface area (Å²) < 4.78 is 13.1. The summed E-state index contributed by atoms with van der Waals surface area (Å²) in [6.07, 6.45) is 4.17. The number of halogens is 1. The minimum absolute atomic E-state index is 0.278. The molecule has 108 valence electrons. The number of carbonyl (C=O) groups is 1. The van der Waals surface area contributed by atoms with Crippen molar-refractivity contribution in [3.63, 3.8) is 0 Å². The van der Waals surface area contributed by atoms with Gasteiger partial charge >= 0.3 is 0 Å². The average molecular weight is 285 g/mol. The van der Waals surface area contributed by atoms with Crippen molar-refractivity contribution in [3.05, 3.63) is 54.0 Å². The molecule has 21 heavy (non-hydrogen) atoms. The van der Waals surface area contributed by atoms with Gasteiger partial charge in [0.05, 0.1) is 11.9 Å². The van der Waals surface area contributed by atoms with E-state index >= 15 is 0 Å². The molecule has 2 heterocycles. The lowest BCUT2D eigenvalue weighted by molar-refractivity contribution is 0.102. The number of benzene rings is 1. The number of amides is 1. The van der Waals surface area contributed by atoms with E-state index in [-0.39, 0.29) is 11.5 Å². The minimum Gasteiger partial charge on any atom is -0.370 e. The van der Waals surface area contributed by atoms with E-state index in [2.05, 4.69) is 15.2 Å². The molecule has 1 fully saturated rings. The molecule has 1 aliphatic heterocycles. The van der Waals surface area contributed by atoms with E-state index in [0.717, 1.165) is 18.8 Å². The molecule has 0 unspecified atom stereocenters. The predicted octanol–water partition coefficient (Wildman–Crippen LogP) is 3.07. The van der Waals surface area contributed by atoms with Crippen molar-refractivity contribution < 1.29 is 9.18 Å². The lowest BCUT2D eigenvalue weighted by Crippen LogP contribution is -2.18. The highest BCUT2D eigenvalue weighted by molar-refractivity contribution is 6.03. The molecule has 4 nitrogen and oxygen atoms in total. The minimum atomic E-state index is -0.431. The van der Waals surface area contributed by atoms with Crippen molar-refractivity contribution in [3.8, 4) is 0 Å². The molecule has 1 N–H and O–H groups in total. The summed E-state index contributed by atoms with van der Waals surface area (Å²) in [6.45, 7) is 2.10. The summed E-state index contributed by atoms with van der Waals surface area (Å²) in [5, 5.41) is 2.67. The zero-order valence-corrected chi connectivity index (χ0v) is 11.6. The van der Waals surface area contributed by atoms with Gasteiger partial charge in [0.25, 0.3) is 5.91 Å². The van der Waals surface area contributed by atoms with Gasteiger partial charge in [-0.1, -0.05) is 6.07 Å². The van der Waals surface area contributed by atoms with Crippen molar-refractivity contribution in [2.45, 2.75) is 12.8 Å². The van der Waals surface area contributed by atoms with Crippen LogP contribution in [0.5, 0.6) is 0 Å². The van der Waals surface area contributed by atoms with Gasteiger partial charge in [0.2, 0.25) is 0 Å². The number of nitrogens with zero attached hydrogens (tertiary/aromatic N) is 2. The van der Waals surface area contributed by atoms with Crippen molar-refractivity contribution in [2.75, 3.05) is 23.3 Å². The van der Waals surface area contributed by atoms with Crippen LogP contribution < -0.4 is 10.2 Å². The van der Waals surface area contributed by atoms with Crippen molar-refractivity contribution in [1.29, 1.82) is 0 Å². The zero-order valence-electron chi connectivity index (χ0n) is 11.6. The first-order valence-electron chi connectivity index (χ1n) is 7.00. The number of nitrogens with one attached hydrogen (secondary N) is 1. The van der Waals surface area contributed by atoms with E-state index in [1.54, 1.807) is 18.3 Å². The number of rotatable bonds is 3. The lowest BCUT2D eigenvalue weighted by atomic mass is 10.2. The molecule has 1 aliphatic rings. The molecule has 0 bridgehead atoms. The van der Waals surface area contributed by atoms with Crippen LogP contribution in [0, 0.1) is 5.82 Å². The first kappa shape index (κ1) is 13.5. The maximum atomic E-state index is 13.1. The van der Waals surface area contributed by atoms with Crippen LogP contribution in [-0.4, -0.2) is 24.0 Å². The molecule has 5 heteroatoms. The fraction of sp³-hybridized carbons (Fsp3) is 0.250. The molecule has 0 atom stereocenters. The summed E-state index contributed by atoms with van der Waals surface area (Å²) >= 11 is 0. The van der Waals surface area contributed by atoms with Crippen LogP contribution in [0.1, 0.15) is 23.2 Å². The van der Waals surface area contributed by atoms with Gasteiger partial charge in [0.1, 0.15) is 11.6 Å². The van der Waals surface area contributed by atoms with Crippen LogP contribution in [0.25, 0.3) is 0 Å². The van der Waals surface area contributed by atoms with Crippen LogP contribution >= 0.6 is 0 Å². The van der Waals surface area contributed by atoms with Crippen LogP contribution in [0.4, 0.5) is 15.9 Å². The average Bonchev–Trinajstić information content (AvgIpc) is 3.02. The Labute approximate surface area is 122 Å². The fourth-order valence-corrected chi connectivity index (χ4v) is 2.44. The Kier molecular flexibility index (Phi) is 3.81. The van der Waals surface area contributed by atoms with Crippen molar-refractivity contribution in [1.82, 2.24) is 4.98 Å². The predicted molar refractivity (Wildman–Crippen MR) is 80.0 cm³/mol. The largest absolute Gasteiger partial charge is 0.370 e. The van der Waals surface area contributed by atoms with Gasteiger partial charge in [-0.05, 0) is 43.2 Å². The van der Waals surface area contributed by atoms with Gasteiger partial charge in [0.15, 0.2) is 0 Å². The Balaban J connectivity index is 1.68. The lowest BCUT2D eigenvalue weighted by Gasteiger charge is -2.17. The topological polar surface area (TPSA) is 45.2 Å². The third-order valence-corrected chi connectivity index (χ3v) is 3.55. The molecular weight excluding hydrogens is 269 g/mol. The normalized spacial score (nSPS) is 14.2. The van der Waals surface area contributed by atoms with Gasteiger partial charge in [-0.25, -0.2) is 9.37 Å². The van der Waals surface area contributed by atoms with Gasteiger partial charge in [-0.15, -0.1) is 0 Å². The smallest absolute Gasteiger partial charge is 0.256 e. The van der Waals surface area contributed by atoms with Crippen LogP contribution in [0.15, 0.2) is 42.6 Å². The van der Waals surface area contributed by atoms with Gasteiger partial charge in [-0.2, -0.15) is 0 Å². The molecule has 1 saturated heterocycles. The van der Waals surface area contributed by atoms with E-state index in [1.165, 1.54) is 31.0 Å². The highest BCUT2D eigenvalue weighted by atomic mass is 19.1. The SMILES string of the molecule is O=C(Nc1ccc(N2CCCC2)cn1)c1cccc(F)c1. The number of hydrogen-bond donors (Lipinski definition) is 1. The summed E-state index contributed by atoms with van der Waals surface area (Å²) in [5.74, 6) is -0.330. The summed E-state index contributed by atoms with van der Waals surface area (Å²) in [7, 11) is 0. The van der Waals surface area contributed by atoms with Crippen LogP contribution in [0.2, 0.25) is 0 Å². The standard InChI is InChI=1S/C16H16FN3O/c17-13-5-3-4-12(10-13)16(21)19-15-7-6-14(11-18-15)20-8-1-2-9-20/h3-7,10-11H,1-2,8-9H2,(H,18,19,21). The monoisotopic (exact) mass is 285 g/mol. The Morgan fingerprint density at radius 2 is 2.00 bits per heavy atom. The molecule has 1 amide bonds. The second kappa shape index (κ2) is 5.91. The van der Waals surface area contributed by atoms with Crippen LogP contribution in [-0.2, 0) is 0 Å². The number of carbonyl (C=O) groups excluding carboxylic acids is 1. The molecule has 0 saturated carbocycles. The Bertz CT molecular complexity index is 636. The highest BCUT2D eigenvalue weighted by Crippen LogP contribution is 2.20. The van der Waals surface area contributed by atoms with Crippen LogP contribution in [0.3, 0.4) is 0 Å². The Morgan fingerprint density at radius 3 is 2.67 bits per heavy atom. The summed E-state index contributed by atoms with van der Waals surface area (Å²) in [4.78, 5) is 18.5.